The van der Waals surface area contributed by atoms with Crippen molar-refractivity contribution in [3.05, 3.63) is 0 Å². The summed E-state index contributed by atoms with van der Waals surface area (Å²) in [6.07, 6.45) is 11.8. The van der Waals surface area contributed by atoms with Crippen molar-refractivity contribution in [2.24, 2.45) is 23.7 Å². The van der Waals surface area contributed by atoms with E-state index in [4.69, 9.17) is 0 Å². The minimum atomic E-state index is 0.955. The highest BCUT2D eigenvalue weighted by Crippen LogP contribution is 2.50. The van der Waals surface area contributed by atoms with Crippen LogP contribution in [0.5, 0.6) is 0 Å². The summed E-state index contributed by atoms with van der Waals surface area (Å²) in [7, 11) is 0. The van der Waals surface area contributed by atoms with E-state index in [0.29, 0.717) is 0 Å². The van der Waals surface area contributed by atoms with Gasteiger partial charge in [0.05, 0.1) is 0 Å². The largest absolute Gasteiger partial charge is 0.316 e. The molecule has 2 aliphatic rings. The van der Waals surface area contributed by atoms with Gasteiger partial charge in [-0.05, 0) is 75.3 Å². The van der Waals surface area contributed by atoms with Crippen molar-refractivity contribution in [3.63, 3.8) is 0 Å². The Morgan fingerprint density at radius 1 is 1.12 bits per heavy atom. The molecule has 1 nitrogen and oxygen atoms in total. The van der Waals surface area contributed by atoms with Crippen LogP contribution in [0, 0.1) is 23.7 Å². The van der Waals surface area contributed by atoms with Crippen LogP contribution in [0.2, 0.25) is 0 Å². The van der Waals surface area contributed by atoms with Crippen LogP contribution in [0.1, 0.15) is 65.2 Å². The standard InChI is InChI=1S/C16H31N/c1-3-5-14(12-17-8-4-2)11-16-10-13-6-7-15(16)9-13/h13-17H,3-12H2,1-2H3. The lowest BCUT2D eigenvalue weighted by atomic mass is 9.81. The van der Waals surface area contributed by atoms with Crippen LogP contribution in [0.15, 0.2) is 0 Å². The molecule has 4 unspecified atom stereocenters. The van der Waals surface area contributed by atoms with E-state index in [1.54, 1.807) is 25.7 Å². The minimum absolute atomic E-state index is 0.955. The van der Waals surface area contributed by atoms with Crippen LogP contribution >= 0.6 is 0 Å². The second-order valence-corrected chi connectivity index (χ2v) is 6.53. The molecule has 1 N–H and O–H groups in total. The number of nitrogens with one attached hydrogen (secondary N) is 1. The second kappa shape index (κ2) is 6.78. The van der Waals surface area contributed by atoms with Crippen molar-refractivity contribution in [2.75, 3.05) is 13.1 Å². The molecule has 4 atom stereocenters. The molecule has 0 amide bonds. The first-order chi connectivity index (χ1) is 8.33. The molecule has 0 saturated heterocycles. The van der Waals surface area contributed by atoms with Crippen LogP contribution in [0.25, 0.3) is 0 Å². The zero-order valence-electron chi connectivity index (χ0n) is 11.9. The lowest BCUT2D eigenvalue weighted by Crippen LogP contribution is -2.26. The van der Waals surface area contributed by atoms with Gasteiger partial charge in [-0.2, -0.15) is 0 Å². The highest BCUT2D eigenvalue weighted by atomic mass is 14.8. The zero-order chi connectivity index (χ0) is 12.1. The fourth-order valence-electron chi connectivity index (χ4n) is 4.29. The van der Waals surface area contributed by atoms with E-state index in [1.807, 2.05) is 0 Å². The summed E-state index contributed by atoms with van der Waals surface area (Å²) >= 11 is 0. The second-order valence-electron chi connectivity index (χ2n) is 6.53. The molecule has 100 valence electrons. The Labute approximate surface area is 108 Å². The summed E-state index contributed by atoms with van der Waals surface area (Å²) in [6.45, 7) is 7.08. The number of hydrogen-bond acceptors (Lipinski definition) is 1. The summed E-state index contributed by atoms with van der Waals surface area (Å²) < 4.78 is 0. The lowest BCUT2D eigenvalue weighted by molar-refractivity contribution is 0.254. The van der Waals surface area contributed by atoms with Gasteiger partial charge in [0.1, 0.15) is 0 Å². The van der Waals surface area contributed by atoms with Gasteiger partial charge in [0.25, 0.3) is 0 Å². The van der Waals surface area contributed by atoms with Gasteiger partial charge in [-0.25, -0.2) is 0 Å². The summed E-state index contributed by atoms with van der Waals surface area (Å²) in [6, 6.07) is 0. The SMILES string of the molecule is CCCNCC(CCC)CC1CC2CCC1C2. The van der Waals surface area contributed by atoms with Crippen LogP contribution in [0.4, 0.5) is 0 Å². The first-order valence-corrected chi connectivity index (χ1v) is 8.04. The fraction of sp³-hybridized carbons (Fsp3) is 1.00. The Bertz CT molecular complexity index is 214. The van der Waals surface area contributed by atoms with Crippen molar-refractivity contribution in [3.8, 4) is 0 Å². The number of hydrogen-bond donors (Lipinski definition) is 1. The molecule has 0 radical (unpaired) electrons. The Balaban J connectivity index is 1.72. The molecule has 1 heteroatoms. The predicted octanol–water partition coefficient (Wildman–Crippen LogP) is 4.23. The molecule has 2 rings (SSSR count). The lowest BCUT2D eigenvalue weighted by Gasteiger charge is -2.26. The van der Waals surface area contributed by atoms with E-state index in [2.05, 4.69) is 19.2 Å². The van der Waals surface area contributed by atoms with E-state index < -0.39 is 0 Å². The van der Waals surface area contributed by atoms with Gasteiger partial charge < -0.3 is 5.32 Å². The molecular weight excluding hydrogens is 206 g/mol. The monoisotopic (exact) mass is 237 g/mol. The highest BCUT2D eigenvalue weighted by molar-refractivity contribution is 4.90. The Kier molecular flexibility index (Phi) is 5.34. The predicted molar refractivity (Wildman–Crippen MR) is 75.1 cm³/mol. The molecule has 0 aromatic carbocycles. The Morgan fingerprint density at radius 3 is 2.59 bits per heavy atom. The van der Waals surface area contributed by atoms with Gasteiger partial charge in [-0.15, -0.1) is 0 Å². The van der Waals surface area contributed by atoms with Crippen LogP contribution in [-0.2, 0) is 0 Å². The first-order valence-electron chi connectivity index (χ1n) is 8.04. The maximum absolute atomic E-state index is 3.64. The van der Waals surface area contributed by atoms with E-state index in [1.165, 1.54) is 38.8 Å². The van der Waals surface area contributed by atoms with Gasteiger partial charge in [-0.3, -0.25) is 0 Å². The maximum atomic E-state index is 3.64. The molecule has 2 aliphatic carbocycles. The molecule has 0 heterocycles. The fourth-order valence-corrected chi connectivity index (χ4v) is 4.29. The van der Waals surface area contributed by atoms with Gasteiger partial charge in [0, 0.05) is 0 Å². The number of fused-ring (bicyclic) bond motifs is 2. The van der Waals surface area contributed by atoms with Crippen molar-refractivity contribution >= 4 is 0 Å². The first kappa shape index (κ1) is 13.4. The summed E-state index contributed by atoms with van der Waals surface area (Å²) in [5.74, 6) is 4.28. The van der Waals surface area contributed by atoms with Crippen LogP contribution < -0.4 is 5.32 Å². The molecule has 2 fully saturated rings. The summed E-state index contributed by atoms with van der Waals surface area (Å²) in [5.41, 5.74) is 0. The quantitative estimate of drug-likeness (QED) is 0.623. The third-order valence-corrected chi connectivity index (χ3v) is 5.08. The van der Waals surface area contributed by atoms with Crippen molar-refractivity contribution in [1.29, 1.82) is 0 Å². The molecule has 17 heavy (non-hydrogen) atoms. The van der Waals surface area contributed by atoms with Gasteiger partial charge in [0.2, 0.25) is 0 Å². The smallest absolute Gasteiger partial charge is 0.00204 e. The Morgan fingerprint density at radius 2 is 2.00 bits per heavy atom. The highest BCUT2D eigenvalue weighted by Gasteiger charge is 2.39. The average Bonchev–Trinajstić information content (AvgIpc) is 2.91. The summed E-state index contributed by atoms with van der Waals surface area (Å²) in [5, 5.41) is 3.64. The molecule has 0 aromatic rings. The topological polar surface area (TPSA) is 12.0 Å². The van der Waals surface area contributed by atoms with E-state index in [-0.39, 0.29) is 0 Å². The molecule has 0 aliphatic heterocycles. The zero-order valence-corrected chi connectivity index (χ0v) is 11.9. The van der Waals surface area contributed by atoms with Crippen LogP contribution in [-0.4, -0.2) is 13.1 Å². The van der Waals surface area contributed by atoms with E-state index in [0.717, 1.165) is 23.7 Å². The van der Waals surface area contributed by atoms with Crippen molar-refractivity contribution in [1.82, 2.24) is 5.32 Å². The molecule has 0 aromatic heterocycles. The molecule has 0 spiro atoms. The molecule has 2 bridgehead atoms. The normalized spacial score (nSPS) is 33.2. The van der Waals surface area contributed by atoms with Gasteiger partial charge >= 0.3 is 0 Å². The maximum Gasteiger partial charge on any atom is -0.00204 e. The van der Waals surface area contributed by atoms with Crippen LogP contribution in [0.3, 0.4) is 0 Å². The number of rotatable bonds is 8. The third-order valence-electron chi connectivity index (χ3n) is 5.08. The van der Waals surface area contributed by atoms with Crippen molar-refractivity contribution in [2.45, 2.75) is 65.2 Å². The third kappa shape index (κ3) is 3.71. The Hall–Kier alpha value is -0.0400. The van der Waals surface area contributed by atoms with Gasteiger partial charge in [0.15, 0.2) is 0 Å². The minimum Gasteiger partial charge on any atom is -0.316 e. The average molecular weight is 237 g/mol. The van der Waals surface area contributed by atoms with E-state index in [9.17, 15) is 0 Å². The summed E-state index contributed by atoms with van der Waals surface area (Å²) in [4.78, 5) is 0. The van der Waals surface area contributed by atoms with E-state index >= 15 is 0 Å². The molecular formula is C16H31N. The van der Waals surface area contributed by atoms with Gasteiger partial charge in [-0.1, -0.05) is 26.7 Å². The van der Waals surface area contributed by atoms with Crippen molar-refractivity contribution < 1.29 is 0 Å². The molecule has 2 saturated carbocycles.